The van der Waals surface area contributed by atoms with Crippen LogP contribution in [0.25, 0.3) is 0 Å². The van der Waals surface area contributed by atoms with E-state index < -0.39 is 5.67 Å². The predicted molar refractivity (Wildman–Crippen MR) is 103 cm³/mol. The van der Waals surface area contributed by atoms with Crippen LogP contribution >= 0.6 is 0 Å². The first-order chi connectivity index (χ1) is 12.1. The van der Waals surface area contributed by atoms with Crippen molar-refractivity contribution in [1.82, 2.24) is 4.90 Å². The summed E-state index contributed by atoms with van der Waals surface area (Å²) < 4.78 is 14.1. The molecule has 1 aliphatic carbocycles. The van der Waals surface area contributed by atoms with Crippen LogP contribution in [0, 0.1) is 0 Å². The number of aryl methyl sites for hydroxylation is 1. The molecule has 0 bridgehead atoms. The van der Waals surface area contributed by atoms with Crippen LogP contribution in [-0.2, 0) is 18.6 Å². The first-order valence-electron chi connectivity index (χ1n) is 9.71. The quantitative estimate of drug-likeness (QED) is 0.551. The number of alkyl halides is 1. The van der Waals surface area contributed by atoms with E-state index >= 15 is 0 Å². The molecule has 0 aliphatic heterocycles. The van der Waals surface area contributed by atoms with E-state index in [9.17, 15) is 4.39 Å². The molecule has 1 saturated carbocycles. The molecule has 0 radical (unpaired) electrons. The molecule has 1 unspecified atom stereocenters. The SMILES string of the molecule is CCC(CCc1ccc(C2(F)CC2)cc1)N(CC)Cc1ccccc1. The van der Waals surface area contributed by atoms with Crippen molar-refractivity contribution in [2.24, 2.45) is 0 Å². The van der Waals surface area contributed by atoms with Crippen LogP contribution in [0.3, 0.4) is 0 Å². The summed E-state index contributed by atoms with van der Waals surface area (Å²) >= 11 is 0. The summed E-state index contributed by atoms with van der Waals surface area (Å²) in [6.07, 6.45) is 4.75. The zero-order valence-electron chi connectivity index (χ0n) is 15.5. The van der Waals surface area contributed by atoms with E-state index in [4.69, 9.17) is 0 Å². The standard InChI is InChI=1S/C23H30FN/c1-3-22(25(4-2)18-20-8-6-5-7-9-20)15-12-19-10-13-21(14-11-19)23(24)16-17-23/h5-11,13-14,22H,3-4,12,15-18H2,1-2H3. The molecule has 1 nitrogen and oxygen atoms in total. The van der Waals surface area contributed by atoms with Crippen LogP contribution in [0.1, 0.15) is 56.2 Å². The van der Waals surface area contributed by atoms with E-state index in [0.29, 0.717) is 18.9 Å². The van der Waals surface area contributed by atoms with Crippen LogP contribution in [0.4, 0.5) is 4.39 Å². The summed E-state index contributed by atoms with van der Waals surface area (Å²) in [6.45, 7) is 6.61. The first kappa shape index (κ1) is 18.1. The third-order valence-corrected chi connectivity index (χ3v) is 5.55. The molecule has 1 aliphatic rings. The molecule has 0 saturated heterocycles. The number of nitrogens with zero attached hydrogens (tertiary/aromatic N) is 1. The van der Waals surface area contributed by atoms with Crippen LogP contribution in [0.2, 0.25) is 0 Å². The van der Waals surface area contributed by atoms with Crippen molar-refractivity contribution in [3.8, 4) is 0 Å². The molecule has 1 fully saturated rings. The normalized spacial score (nSPS) is 16.8. The maximum Gasteiger partial charge on any atom is 0.136 e. The molecule has 1 atom stereocenters. The molecular weight excluding hydrogens is 309 g/mol. The Hall–Kier alpha value is -1.67. The van der Waals surface area contributed by atoms with Gasteiger partial charge in [0.15, 0.2) is 0 Å². The molecular formula is C23H30FN. The Morgan fingerprint density at radius 1 is 0.960 bits per heavy atom. The summed E-state index contributed by atoms with van der Waals surface area (Å²) in [5.41, 5.74) is 2.55. The number of halogens is 1. The molecule has 0 N–H and O–H groups in total. The largest absolute Gasteiger partial charge is 0.296 e. The summed E-state index contributed by atoms with van der Waals surface area (Å²) in [6, 6.07) is 19.5. The fraction of sp³-hybridized carbons (Fsp3) is 0.478. The minimum Gasteiger partial charge on any atom is -0.296 e. The van der Waals surface area contributed by atoms with Crippen LogP contribution < -0.4 is 0 Å². The van der Waals surface area contributed by atoms with Crippen molar-refractivity contribution < 1.29 is 4.39 Å². The second-order valence-electron chi connectivity index (χ2n) is 7.31. The average Bonchev–Trinajstić information content (AvgIpc) is 3.41. The second-order valence-corrected chi connectivity index (χ2v) is 7.31. The zero-order chi connectivity index (χ0) is 17.7. The minimum atomic E-state index is -1.01. The highest BCUT2D eigenvalue weighted by atomic mass is 19.1. The molecule has 0 aromatic heterocycles. The van der Waals surface area contributed by atoms with E-state index in [1.807, 2.05) is 12.1 Å². The van der Waals surface area contributed by atoms with Crippen LogP contribution in [0.5, 0.6) is 0 Å². The van der Waals surface area contributed by atoms with Crippen molar-refractivity contribution in [2.45, 2.75) is 64.2 Å². The molecule has 3 rings (SSSR count). The van der Waals surface area contributed by atoms with Crippen molar-refractivity contribution >= 4 is 0 Å². The van der Waals surface area contributed by atoms with Crippen molar-refractivity contribution in [2.75, 3.05) is 6.54 Å². The maximum atomic E-state index is 14.1. The van der Waals surface area contributed by atoms with Gasteiger partial charge in [0.25, 0.3) is 0 Å². The zero-order valence-corrected chi connectivity index (χ0v) is 15.5. The number of hydrogen-bond acceptors (Lipinski definition) is 1. The number of benzene rings is 2. The second kappa shape index (κ2) is 8.14. The predicted octanol–water partition coefficient (Wildman–Crippen LogP) is 5.88. The van der Waals surface area contributed by atoms with Gasteiger partial charge in [-0.15, -0.1) is 0 Å². The molecule has 2 aromatic carbocycles. The third kappa shape index (κ3) is 4.70. The topological polar surface area (TPSA) is 3.24 Å². The van der Waals surface area contributed by atoms with Gasteiger partial charge in [-0.2, -0.15) is 0 Å². The van der Waals surface area contributed by atoms with E-state index in [0.717, 1.165) is 37.9 Å². The van der Waals surface area contributed by atoms with Gasteiger partial charge < -0.3 is 0 Å². The van der Waals surface area contributed by atoms with Gasteiger partial charge in [0.05, 0.1) is 0 Å². The van der Waals surface area contributed by atoms with Crippen LogP contribution in [0.15, 0.2) is 54.6 Å². The van der Waals surface area contributed by atoms with E-state index in [1.165, 1.54) is 11.1 Å². The van der Waals surface area contributed by atoms with Gasteiger partial charge in [-0.3, -0.25) is 4.90 Å². The highest BCUT2D eigenvalue weighted by Crippen LogP contribution is 2.49. The fourth-order valence-corrected chi connectivity index (χ4v) is 3.66. The van der Waals surface area contributed by atoms with Gasteiger partial charge in [0, 0.05) is 12.6 Å². The summed E-state index contributed by atoms with van der Waals surface area (Å²) in [7, 11) is 0. The smallest absolute Gasteiger partial charge is 0.136 e. The first-order valence-corrected chi connectivity index (χ1v) is 9.71. The molecule has 2 aromatic rings. The van der Waals surface area contributed by atoms with Crippen LogP contribution in [-0.4, -0.2) is 17.5 Å². The Morgan fingerprint density at radius 3 is 2.20 bits per heavy atom. The van der Waals surface area contributed by atoms with Crippen molar-refractivity contribution in [3.63, 3.8) is 0 Å². The highest BCUT2D eigenvalue weighted by molar-refractivity contribution is 5.31. The molecule has 0 amide bonds. The van der Waals surface area contributed by atoms with Gasteiger partial charge >= 0.3 is 0 Å². The Bertz CT molecular complexity index is 646. The van der Waals surface area contributed by atoms with Gasteiger partial charge in [0.1, 0.15) is 5.67 Å². The molecule has 0 spiro atoms. The number of rotatable bonds is 9. The monoisotopic (exact) mass is 339 g/mol. The summed E-state index contributed by atoms with van der Waals surface area (Å²) in [4.78, 5) is 2.57. The van der Waals surface area contributed by atoms with Gasteiger partial charge in [-0.05, 0) is 55.3 Å². The summed E-state index contributed by atoms with van der Waals surface area (Å²) in [5, 5.41) is 0. The number of hydrogen-bond donors (Lipinski definition) is 0. The van der Waals surface area contributed by atoms with E-state index in [2.05, 4.69) is 61.2 Å². The average molecular weight is 339 g/mol. The Labute approximate surface area is 151 Å². The fourth-order valence-electron chi connectivity index (χ4n) is 3.66. The van der Waals surface area contributed by atoms with E-state index in [1.54, 1.807) is 0 Å². The van der Waals surface area contributed by atoms with Gasteiger partial charge in [-0.1, -0.05) is 68.4 Å². The molecule has 2 heteroatoms. The molecule has 134 valence electrons. The van der Waals surface area contributed by atoms with Gasteiger partial charge in [-0.25, -0.2) is 4.39 Å². The lowest BCUT2D eigenvalue weighted by atomic mass is 9.99. The summed E-state index contributed by atoms with van der Waals surface area (Å²) in [5.74, 6) is 0. The maximum absolute atomic E-state index is 14.1. The lowest BCUT2D eigenvalue weighted by Gasteiger charge is -2.30. The lowest BCUT2D eigenvalue weighted by Crippen LogP contribution is -2.34. The van der Waals surface area contributed by atoms with Gasteiger partial charge in [0.2, 0.25) is 0 Å². The molecule has 0 heterocycles. The lowest BCUT2D eigenvalue weighted by molar-refractivity contribution is 0.182. The minimum absolute atomic E-state index is 0.584. The Kier molecular flexibility index (Phi) is 5.90. The highest BCUT2D eigenvalue weighted by Gasteiger charge is 2.44. The van der Waals surface area contributed by atoms with Crippen molar-refractivity contribution in [1.29, 1.82) is 0 Å². The van der Waals surface area contributed by atoms with E-state index in [-0.39, 0.29) is 0 Å². The molecule has 25 heavy (non-hydrogen) atoms. The Balaban J connectivity index is 1.57. The Morgan fingerprint density at radius 2 is 1.64 bits per heavy atom. The third-order valence-electron chi connectivity index (χ3n) is 5.55. The van der Waals surface area contributed by atoms with Crippen molar-refractivity contribution in [3.05, 3.63) is 71.3 Å².